The van der Waals surface area contributed by atoms with Crippen molar-refractivity contribution in [3.63, 3.8) is 0 Å². The molecular weight excluding hydrogens is 290 g/mol. The summed E-state index contributed by atoms with van der Waals surface area (Å²) in [6.45, 7) is 2.07. The summed E-state index contributed by atoms with van der Waals surface area (Å²) in [6, 6.07) is 3.85. The second kappa shape index (κ2) is 5.07. The Labute approximate surface area is 108 Å². The molecule has 0 amide bonds. The van der Waals surface area contributed by atoms with Gasteiger partial charge in [-0.1, -0.05) is 12.2 Å². The fraction of sp³-hybridized carbons (Fsp3) is 0.400. The molecule has 2 rings (SSSR count). The van der Waals surface area contributed by atoms with Gasteiger partial charge in [0.25, 0.3) is 0 Å². The smallest absolute Gasteiger partial charge is 0.143 e. The molecule has 0 aliphatic carbocycles. The summed E-state index contributed by atoms with van der Waals surface area (Å²) in [5.74, 6) is 0.909. The average Bonchev–Trinajstić information content (AvgIpc) is 2.30. The molecule has 1 atom stereocenters. The normalized spacial score (nSPS) is 20.8. The summed E-state index contributed by atoms with van der Waals surface area (Å²) in [5.41, 5.74) is 5.59. The van der Waals surface area contributed by atoms with E-state index in [1.54, 1.807) is 6.20 Å². The van der Waals surface area contributed by atoms with E-state index in [2.05, 4.69) is 25.8 Å². The molecule has 1 aliphatic rings. The molecule has 0 spiro atoms. The van der Waals surface area contributed by atoms with E-state index in [0.717, 1.165) is 16.8 Å². The van der Waals surface area contributed by atoms with Crippen molar-refractivity contribution in [3.8, 4) is 0 Å². The Morgan fingerprint density at radius 1 is 1.69 bits per heavy atom. The van der Waals surface area contributed by atoms with Gasteiger partial charge in [-0.05, 0) is 28.1 Å². The minimum Gasteiger partial charge on any atom is -0.391 e. The molecule has 1 aliphatic heterocycles. The van der Waals surface area contributed by atoms with Crippen LogP contribution in [-0.4, -0.2) is 35.8 Å². The summed E-state index contributed by atoms with van der Waals surface area (Å²) in [5, 5.41) is 0. The molecule has 6 heteroatoms. The first-order valence-electron chi connectivity index (χ1n) is 4.95. The Hall–Kier alpha value is -0.720. The van der Waals surface area contributed by atoms with Gasteiger partial charge in [0.1, 0.15) is 16.9 Å². The average molecular weight is 302 g/mol. The number of ether oxygens (including phenoxy) is 1. The zero-order valence-corrected chi connectivity index (χ0v) is 11.0. The predicted octanol–water partition coefficient (Wildman–Crippen LogP) is 1.34. The molecule has 16 heavy (non-hydrogen) atoms. The van der Waals surface area contributed by atoms with E-state index in [0.29, 0.717) is 18.1 Å². The van der Waals surface area contributed by atoms with Crippen molar-refractivity contribution < 1.29 is 4.74 Å². The number of rotatable bonds is 2. The SMILES string of the molecule is NC(=S)C1CN(c2ncccc2Br)CCO1. The van der Waals surface area contributed by atoms with Crippen LogP contribution in [0, 0.1) is 0 Å². The summed E-state index contributed by atoms with van der Waals surface area (Å²) in [4.78, 5) is 6.86. The van der Waals surface area contributed by atoms with Crippen molar-refractivity contribution in [2.45, 2.75) is 6.10 Å². The van der Waals surface area contributed by atoms with Gasteiger partial charge in [-0.2, -0.15) is 0 Å². The van der Waals surface area contributed by atoms with Crippen LogP contribution in [0.2, 0.25) is 0 Å². The molecule has 4 nitrogen and oxygen atoms in total. The van der Waals surface area contributed by atoms with E-state index in [9.17, 15) is 0 Å². The maximum Gasteiger partial charge on any atom is 0.143 e. The summed E-state index contributed by atoms with van der Waals surface area (Å²) in [6.07, 6.45) is 1.59. The standard InChI is InChI=1S/C10H12BrN3OS/c11-7-2-1-3-13-10(7)14-4-5-15-8(6-14)9(12)16/h1-3,8H,4-6H2,(H2,12,16). The van der Waals surface area contributed by atoms with E-state index in [1.807, 2.05) is 12.1 Å². The van der Waals surface area contributed by atoms with Crippen LogP contribution in [0.1, 0.15) is 0 Å². The van der Waals surface area contributed by atoms with Crippen LogP contribution in [0.4, 0.5) is 5.82 Å². The molecule has 1 fully saturated rings. The van der Waals surface area contributed by atoms with E-state index in [-0.39, 0.29) is 6.10 Å². The Morgan fingerprint density at radius 2 is 2.50 bits per heavy atom. The first-order chi connectivity index (χ1) is 7.68. The number of thiocarbonyl (C=S) groups is 1. The lowest BCUT2D eigenvalue weighted by Crippen LogP contribution is -2.48. The van der Waals surface area contributed by atoms with Crippen molar-refractivity contribution in [2.24, 2.45) is 5.73 Å². The molecule has 1 aromatic rings. The van der Waals surface area contributed by atoms with Gasteiger partial charge in [-0.15, -0.1) is 0 Å². The molecule has 0 saturated carbocycles. The number of pyridine rings is 1. The third-order valence-electron chi connectivity index (χ3n) is 2.42. The summed E-state index contributed by atoms with van der Waals surface area (Å²) >= 11 is 8.42. The van der Waals surface area contributed by atoms with E-state index >= 15 is 0 Å². The maximum atomic E-state index is 5.59. The number of morpholine rings is 1. The fourth-order valence-corrected chi connectivity index (χ4v) is 2.27. The molecule has 2 N–H and O–H groups in total. The minimum atomic E-state index is -0.183. The highest BCUT2D eigenvalue weighted by atomic mass is 79.9. The zero-order valence-electron chi connectivity index (χ0n) is 8.60. The van der Waals surface area contributed by atoms with Crippen LogP contribution in [0.3, 0.4) is 0 Å². The lowest BCUT2D eigenvalue weighted by molar-refractivity contribution is 0.0843. The molecule has 1 unspecified atom stereocenters. The lowest BCUT2D eigenvalue weighted by Gasteiger charge is -2.33. The van der Waals surface area contributed by atoms with Crippen LogP contribution in [0.5, 0.6) is 0 Å². The molecule has 1 saturated heterocycles. The van der Waals surface area contributed by atoms with Gasteiger partial charge in [0.15, 0.2) is 0 Å². The van der Waals surface area contributed by atoms with Crippen LogP contribution >= 0.6 is 28.1 Å². The highest BCUT2D eigenvalue weighted by Gasteiger charge is 2.24. The van der Waals surface area contributed by atoms with Crippen molar-refractivity contribution in [1.29, 1.82) is 0 Å². The van der Waals surface area contributed by atoms with Crippen LogP contribution < -0.4 is 10.6 Å². The predicted molar refractivity (Wildman–Crippen MR) is 70.7 cm³/mol. The quantitative estimate of drug-likeness (QED) is 0.836. The van der Waals surface area contributed by atoms with E-state index < -0.39 is 0 Å². The largest absolute Gasteiger partial charge is 0.391 e. The van der Waals surface area contributed by atoms with E-state index in [1.165, 1.54) is 0 Å². The van der Waals surface area contributed by atoms with Crippen LogP contribution in [-0.2, 0) is 4.74 Å². The second-order valence-corrected chi connectivity index (χ2v) is 4.84. The Bertz CT molecular complexity index is 401. The lowest BCUT2D eigenvalue weighted by atomic mass is 10.2. The number of hydrogen-bond acceptors (Lipinski definition) is 4. The summed E-state index contributed by atoms with van der Waals surface area (Å²) in [7, 11) is 0. The van der Waals surface area contributed by atoms with Crippen LogP contribution in [0.25, 0.3) is 0 Å². The molecule has 0 aromatic carbocycles. The van der Waals surface area contributed by atoms with E-state index in [4.69, 9.17) is 22.7 Å². The van der Waals surface area contributed by atoms with Gasteiger partial charge in [0.05, 0.1) is 17.6 Å². The molecular formula is C10H12BrN3OS. The third kappa shape index (κ3) is 2.50. The highest BCUT2D eigenvalue weighted by Crippen LogP contribution is 2.24. The number of anilines is 1. The first kappa shape index (κ1) is 11.8. The zero-order chi connectivity index (χ0) is 11.5. The number of halogens is 1. The topological polar surface area (TPSA) is 51.4 Å². The summed E-state index contributed by atoms with van der Waals surface area (Å²) < 4.78 is 6.45. The highest BCUT2D eigenvalue weighted by molar-refractivity contribution is 9.10. The molecule has 0 bridgehead atoms. The van der Waals surface area contributed by atoms with Gasteiger partial charge in [0.2, 0.25) is 0 Å². The Kier molecular flexibility index (Phi) is 3.73. The maximum absolute atomic E-state index is 5.59. The molecule has 1 aromatic heterocycles. The molecule has 2 heterocycles. The Morgan fingerprint density at radius 3 is 3.19 bits per heavy atom. The van der Waals surface area contributed by atoms with Crippen molar-refractivity contribution in [1.82, 2.24) is 4.98 Å². The van der Waals surface area contributed by atoms with Crippen molar-refractivity contribution >= 4 is 39.0 Å². The van der Waals surface area contributed by atoms with Crippen molar-refractivity contribution in [3.05, 3.63) is 22.8 Å². The fourth-order valence-electron chi connectivity index (χ4n) is 1.62. The second-order valence-electron chi connectivity index (χ2n) is 3.52. The van der Waals surface area contributed by atoms with Gasteiger partial charge in [0, 0.05) is 12.7 Å². The van der Waals surface area contributed by atoms with Gasteiger partial charge >= 0.3 is 0 Å². The number of nitrogens with two attached hydrogens (primary N) is 1. The number of hydrogen-bond donors (Lipinski definition) is 1. The van der Waals surface area contributed by atoms with Crippen LogP contribution in [0.15, 0.2) is 22.8 Å². The number of aromatic nitrogens is 1. The molecule has 86 valence electrons. The molecule has 0 radical (unpaired) electrons. The monoisotopic (exact) mass is 301 g/mol. The third-order valence-corrected chi connectivity index (χ3v) is 3.30. The first-order valence-corrected chi connectivity index (χ1v) is 6.15. The van der Waals surface area contributed by atoms with Gasteiger partial charge in [-0.25, -0.2) is 4.98 Å². The number of nitrogens with zero attached hydrogens (tertiary/aromatic N) is 2. The van der Waals surface area contributed by atoms with Gasteiger partial charge in [-0.3, -0.25) is 0 Å². The minimum absolute atomic E-state index is 0.183. The Balaban J connectivity index is 2.16. The van der Waals surface area contributed by atoms with Crippen molar-refractivity contribution in [2.75, 3.05) is 24.6 Å². The van der Waals surface area contributed by atoms with Gasteiger partial charge < -0.3 is 15.4 Å².